The fourth-order valence-corrected chi connectivity index (χ4v) is 3.72. The number of rotatable bonds is 4. The van der Waals surface area contributed by atoms with E-state index in [9.17, 15) is 15.0 Å². The van der Waals surface area contributed by atoms with Gasteiger partial charge in [0, 0.05) is 5.56 Å². The zero-order valence-electron chi connectivity index (χ0n) is 14.9. The molecule has 5 nitrogen and oxygen atoms in total. The molecule has 1 aliphatic carbocycles. The highest BCUT2D eigenvalue weighted by Crippen LogP contribution is 2.34. The average Bonchev–Trinajstić information content (AvgIpc) is 2.91. The average molecular weight is 343 g/mol. The van der Waals surface area contributed by atoms with Gasteiger partial charge in [0.2, 0.25) is 5.91 Å². The minimum Gasteiger partial charge on any atom is -0.508 e. The van der Waals surface area contributed by atoms with Gasteiger partial charge in [0.1, 0.15) is 22.9 Å². The molecule has 3 rings (SSSR count). The molecule has 0 aliphatic heterocycles. The maximum absolute atomic E-state index is 12.7. The van der Waals surface area contributed by atoms with Crippen LogP contribution in [0.2, 0.25) is 0 Å². The van der Waals surface area contributed by atoms with Crippen molar-refractivity contribution >= 4 is 5.91 Å². The number of nitrogens with one attached hydrogen (secondary N) is 1. The monoisotopic (exact) mass is 343 g/mol. The Labute approximate surface area is 147 Å². The Balaban J connectivity index is 1.72. The highest BCUT2D eigenvalue weighted by Gasteiger charge is 2.31. The second-order valence-corrected chi connectivity index (χ2v) is 7.15. The summed E-state index contributed by atoms with van der Waals surface area (Å²) in [6, 6.07) is 7.00. The van der Waals surface area contributed by atoms with Gasteiger partial charge in [0.05, 0.1) is 12.5 Å². The van der Waals surface area contributed by atoms with Crippen LogP contribution < -0.4 is 5.32 Å². The molecule has 0 spiro atoms. The molecule has 5 heteroatoms. The number of amides is 1. The SMILES string of the molecule is Cc1cc(C(C)(O)CNC(=O)C2CCCc3cc(O)ccc32)c(C)o1. The molecule has 2 unspecified atom stereocenters. The number of furan rings is 1. The summed E-state index contributed by atoms with van der Waals surface area (Å²) in [6.45, 7) is 5.44. The van der Waals surface area contributed by atoms with Crippen molar-refractivity contribution < 1.29 is 19.4 Å². The summed E-state index contributed by atoms with van der Waals surface area (Å²) in [5.74, 6) is 1.29. The molecule has 0 saturated carbocycles. The highest BCUT2D eigenvalue weighted by molar-refractivity contribution is 5.84. The Kier molecular flexibility index (Phi) is 4.60. The zero-order chi connectivity index (χ0) is 18.2. The molecular weight excluding hydrogens is 318 g/mol. The summed E-state index contributed by atoms with van der Waals surface area (Å²) < 4.78 is 5.49. The number of phenols is 1. The van der Waals surface area contributed by atoms with Crippen LogP contribution in [-0.4, -0.2) is 22.7 Å². The van der Waals surface area contributed by atoms with Gasteiger partial charge < -0.3 is 19.9 Å². The number of aryl methyl sites for hydroxylation is 3. The first kappa shape index (κ1) is 17.5. The molecular formula is C20H25NO4. The summed E-state index contributed by atoms with van der Waals surface area (Å²) in [5.41, 5.74) is 1.50. The third kappa shape index (κ3) is 3.56. The van der Waals surface area contributed by atoms with Crippen molar-refractivity contribution in [1.82, 2.24) is 5.32 Å². The number of carbonyl (C=O) groups excluding carboxylic acids is 1. The number of aromatic hydroxyl groups is 1. The van der Waals surface area contributed by atoms with Gasteiger partial charge in [-0.1, -0.05) is 6.07 Å². The number of hydrogen-bond donors (Lipinski definition) is 3. The summed E-state index contributed by atoms with van der Waals surface area (Å²) in [7, 11) is 0. The predicted octanol–water partition coefficient (Wildman–Crippen LogP) is 3.05. The van der Waals surface area contributed by atoms with E-state index in [1.54, 1.807) is 25.1 Å². The van der Waals surface area contributed by atoms with E-state index in [1.165, 1.54) is 0 Å². The Bertz CT molecular complexity index is 791. The molecule has 1 aromatic heterocycles. The van der Waals surface area contributed by atoms with E-state index >= 15 is 0 Å². The number of phenolic OH excluding ortho intramolecular Hbond substituents is 1. The Hall–Kier alpha value is -2.27. The van der Waals surface area contributed by atoms with Gasteiger partial charge in [0.15, 0.2) is 0 Å². The molecule has 25 heavy (non-hydrogen) atoms. The minimum atomic E-state index is -1.19. The van der Waals surface area contributed by atoms with E-state index in [4.69, 9.17) is 4.42 Å². The smallest absolute Gasteiger partial charge is 0.227 e. The Morgan fingerprint density at radius 3 is 2.80 bits per heavy atom. The maximum Gasteiger partial charge on any atom is 0.227 e. The van der Waals surface area contributed by atoms with Crippen LogP contribution in [0.1, 0.15) is 53.9 Å². The van der Waals surface area contributed by atoms with Crippen molar-refractivity contribution in [3.8, 4) is 5.75 Å². The second-order valence-electron chi connectivity index (χ2n) is 7.15. The number of fused-ring (bicyclic) bond motifs is 1. The molecule has 1 heterocycles. The van der Waals surface area contributed by atoms with Crippen LogP contribution >= 0.6 is 0 Å². The molecule has 1 aromatic carbocycles. The number of benzene rings is 1. The van der Waals surface area contributed by atoms with Crippen molar-refractivity contribution in [3.05, 3.63) is 52.5 Å². The van der Waals surface area contributed by atoms with Crippen molar-refractivity contribution in [1.29, 1.82) is 0 Å². The summed E-state index contributed by atoms with van der Waals surface area (Å²) in [4.78, 5) is 12.7. The molecule has 0 fully saturated rings. The number of hydrogen-bond acceptors (Lipinski definition) is 4. The fourth-order valence-electron chi connectivity index (χ4n) is 3.72. The molecule has 134 valence electrons. The molecule has 2 aromatic rings. The molecule has 1 aliphatic rings. The van der Waals surface area contributed by atoms with Crippen LogP contribution in [0.25, 0.3) is 0 Å². The zero-order valence-corrected chi connectivity index (χ0v) is 14.9. The molecule has 0 bridgehead atoms. The molecule has 2 atom stereocenters. The topological polar surface area (TPSA) is 82.7 Å². The third-order valence-corrected chi connectivity index (χ3v) is 4.99. The lowest BCUT2D eigenvalue weighted by Gasteiger charge is -2.28. The van der Waals surface area contributed by atoms with Crippen LogP contribution in [0.3, 0.4) is 0 Å². The first-order valence-corrected chi connectivity index (χ1v) is 8.67. The lowest BCUT2D eigenvalue weighted by atomic mass is 9.82. The molecule has 0 radical (unpaired) electrons. The van der Waals surface area contributed by atoms with E-state index in [0.29, 0.717) is 11.3 Å². The van der Waals surface area contributed by atoms with Gasteiger partial charge in [0.25, 0.3) is 0 Å². The molecule has 1 amide bonds. The standard InChI is InChI=1S/C20H25NO4/c1-12-9-18(13(2)25-12)20(3,24)11-21-19(23)17-6-4-5-14-10-15(22)7-8-16(14)17/h7-10,17,22,24H,4-6,11H2,1-3H3,(H,21,23). The number of aliphatic hydroxyl groups is 1. The van der Waals surface area contributed by atoms with E-state index in [0.717, 1.165) is 36.1 Å². The minimum absolute atomic E-state index is 0.0928. The van der Waals surface area contributed by atoms with Crippen molar-refractivity contribution in [2.24, 2.45) is 0 Å². The summed E-state index contributed by atoms with van der Waals surface area (Å²) >= 11 is 0. The van der Waals surface area contributed by atoms with Crippen LogP contribution in [0.5, 0.6) is 5.75 Å². The van der Waals surface area contributed by atoms with Crippen LogP contribution in [0.15, 0.2) is 28.7 Å². The fraction of sp³-hybridized carbons (Fsp3) is 0.450. The van der Waals surface area contributed by atoms with Gasteiger partial charge in [-0.3, -0.25) is 4.79 Å². The van der Waals surface area contributed by atoms with Crippen molar-refractivity contribution in [3.63, 3.8) is 0 Å². The largest absolute Gasteiger partial charge is 0.508 e. The predicted molar refractivity (Wildman–Crippen MR) is 94.5 cm³/mol. The maximum atomic E-state index is 12.7. The van der Waals surface area contributed by atoms with Gasteiger partial charge >= 0.3 is 0 Å². The van der Waals surface area contributed by atoms with Crippen LogP contribution in [0.4, 0.5) is 0 Å². The highest BCUT2D eigenvalue weighted by atomic mass is 16.3. The lowest BCUT2D eigenvalue weighted by molar-refractivity contribution is -0.124. The molecule has 0 saturated heterocycles. The van der Waals surface area contributed by atoms with E-state index in [-0.39, 0.29) is 24.1 Å². The first-order valence-electron chi connectivity index (χ1n) is 8.67. The Morgan fingerprint density at radius 1 is 1.36 bits per heavy atom. The Morgan fingerprint density at radius 2 is 2.12 bits per heavy atom. The first-order chi connectivity index (χ1) is 11.8. The molecule has 3 N–H and O–H groups in total. The third-order valence-electron chi connectivity index (χ3n) is 4.99. The van der Waals surface area contributed by atoms with E-state index in [1.807, 2.05) is 19.9 Å². The van der Waals surface area contributed by atoms with Crippen LogP contribution in [0, 0.1) is 13.8 Å². The lowest BCUT2D eigenvalue weighted by Crippen LogP contribution is -2.41. The van der Waals surface area contributed by atoms with Crippen LogP contribution in [-0.2, 0) is 16.8 Å². The van der Waals surface area contributed by atoms with Gasteiger partial charge in [-0.05, 0) is 69.4 Å². The normalized spacial score (nSPS) is 19.1. The van der Waals surface area contributed by atoms with Gasteiger partial charge in [-0.25, -0.2) is 0 Å². The van der Waals surface area contributed by atoms with E-state index in [2.05, 4.69) is 5.32 Å². The summed E-state index contributed by atoms with van der Waals surface area (Å²) in [5, 5.41) is 23.3. The number of carbonyl (C=O) groups is 1. The quantitative estimate of drug-likeness (QED) is 0.797. The van der Waals surface area contributed by atoms with Crippen molar-refractivity contribution in [2.75, 3.05) is 6.54 Å². The summed E-state index contributed by atoms with van der Waals surface area (Å²) in [6.07, 6.45) is 2.55. The van der Waals surface area contributed by atoms with Gasteiger partial charge in [-0.2, -0.15) is 0 Å². The van der Waals surface area contributed by atoms with E-state index < -0.39 is 5.60 Å². The second kappa shape index (κ2) is 6.56. The van der Waals surface area contributed by atoms with Gasteiger partial charge in [-0.15, -0.1) is 0 Å². The van der Waals surface area contributed by atoms with Crippen molar-refractivity contribution in [2.45, 2.75) is 51.6 Å².